The summed E-state index contributed by atoms with van der Waals surface area (Å²) in [5.41, 5.74) is 7.38. The van der Waals surface area contributed by atoms with Crippen LogP contribution in [-0.4, -0.2) is 24.7 Å². The normalized spacial score (nSPS) is 10.1. The number of rotatable bonds is 5. The molecule has 0 saturated carbocycles. The highest BCUT2D eigenvalue weighted by Gasteiger charge is 2.10. The van der Waals surface area contributed by atoms with Crippen molar-refractivity contribution in [2.45, 2.75) is 18.7 Å². The summed E-state index contributed by atoms with van der Waals surface area (Å²) in [6, 6.07) is 13.0. The van der Waals surface area contributed by atoms with Gasteiger partial charge in [-0.15, -0.1) is 11.8 Å². The summed E-state index contributed by atoms with van der Waals surface area (Å²) in [5, 5.41) is 0. The molecule has 24 heavy (non-hydrogen) atoms. The van der Waals surface area contributed by atoms with Gasteiger partial charge in [0.05, 0.1) is 12.9 Å². The second kappa shape index (κ2) is 8.40. The number of nitrogens with one attached hydrogen (secondary N) is 2. The zero-order valence-electron chi connectivity index (χ0n) is 13.9. The lowest BCUT2D eigenvalue weighted by Gasteiger charge is -2.09. The number of aryl methyl sites for hydroxylation is 2. The number of carbonyl (C=O) groups excluding carboxylic acids is 2. The number of amides is 2. The number of hydrogen-bond acceptors (Lipinski definition) is 4. The quantitative estimate of drug-likeness (QED) is 0.646. The number of hydrazine groups is 1. The predicted octanol–water partition coefficient (Wildman–Crippen LogP) is 2.87. The first-order valence-electron chi connectivity index (χ1n) is 7.43. The third-order valence-corrected chi connectivity index (χ3v) is 4.38. The van der Waals surface area contributed by atoms with Crippen LogP contribution in [-0.2, 0) is 4.79 Å². The lowest BCUT2D eigenvalue weighted by atomic mass is 10.1. The standard InChI is InChI=1S/C18H20N2O3S/c1-12-4-9-16(13(2)10-12)18(22)20-19-17(21)11-24-15-7-5-14(23-3)6-8-15/h4-10H,11H2,1-3H3,(H,19,21)(H,20,22). The third kappa shape index (κ3) is 5.03. The fourth-order valence-corrected chi connectivity index (χ4v) is 2.82. The maximum atomic E-state index is 12.1. The van der Waals surface area contributed by atoms with Crippen LogP contribution < -0.4 is 15.6 Å². The lowest BCUT2D eigenvalue weighted by molar-refractivity contribution is -0.119. The average molecular weight is 344 g/mol. The van der Waals surface area contributed by atoms with Crippen molar-refractivity contribution in [1.82, 2.24) is 10.9 Å². The molecule has 2 aromatic carbocycles. The first-order chi connectivity index (χ1) is 11.5. The molecule has 0 spiro atoms. The minimum Gasteiger partial charge on any atom is -0.497 e. The summed E-state index contributed by atoms with van der Waals surface area (Å²) in [6.07, 6.45) is 0. The third-order valence-electron chi connectivity index (χ3n) is 3.37. The summed E-state index contributed by atoms with van der Waals surface area (Å²) in [4.78, 5) is 24.9. The Morgan fingerprint density at radius 2 is 1.75 bits per heavy atom. The first-order valence-corrected chi connectivity index (χ1v) is 8.41. The first kappa shape index (κ1) is 17.9. The van der Waals surface area contributed by atoms with E-state index in [1.165, 1.54) is 11.8 Å². The molecule has 0 bridgehead atoms. The van der Waals surface area contributed by atoms with Gasteiger partial charge in [0.2, 0.25) is 5.91 Å². The smallest absolute Gasteiger partial charge is 0.269 e. The van der Waals surface area contributed by atoms with E-state index in [-0.39, 0.29) is 17.6 Å². The molecule has 126 valence electrons. The Hall–Kier alpha value is -2.47. The number of methoxy groups -OCH3 is 1. The van der Waals surface area contributed by atoms with Crippen LogP contribution >= 0.6 is 11.8 Å². The predicted molar refractivity (Wildman–Crippen MR) is 95.2 cm³/mol. The number of carbonyl (C=O) groups is 2. The Morgan fingerprint density at radius 3 is 2.38 bits per heavy atom. The zero-order chi connectivity index (χ0) is 17.5. The van der Waals surface area contributed by atoms with E-state index in [0.717, 1.165) is 21.8 Å². The SMILES string of the molecule is COc1ccc(SCC(=O)NNC(=O)c2ccc(C)cc2C)cc1. The van der Waals surface area contributed by atoms with Crippen molar-refractivity contribution in [1.29, 1.82) is 0 Å². The van der Waals surface area contributed by atoms with E-state index in [9.17, 15) is 9.59 Å². The van der Waals surface area contributed by atoms with Crippen LogP contribution in [0.3, 0.4) is 0 Å². The van der Waals surface area contributed by atoms with Gasteiger partial charge in [-0.05, 0) is 49.7 Å². The highest BCUT2D eigenvalue weighted by molar-refractivity contribution is 8.00. The monoisotopic (exact) mass is 344 g/mol. The molecule has 0 fully saturated rings. The summed E-state index contributed by atoms with van der Waals surface area (Å²) in [5.74, 6) is 0.383. The van der Waals surface area contributed by atoms with Gasteiger partial charge in [0, 0.05) is 10.5 Å². The minimum atomic E-state index is -0.324. The minimum absolute atomic E-state index is 0.208. The van der Waals surface area contributed by atoms with Gasteiger partial charge in [0.25, 0.3) is 5.91 Å². The Labute approximate surface area is 145 Å². The molecule has 0 heterocycles. The van der Waals surface area contributed by atoms with E-state index in [4.69, 9.17) is 4.74 Å². The van der Waals surface area contributed by atoms with Crippen LogP contribution in [0.4, 0.5) is 0 Å². The molecule has 0 saturated heterocycles. The van der Waals surface area contributed by atoms with E-state index >= 15 is 0 Å². The van der Waals surface area contributed by atoms with Gasteiger partial charge in [-0.1, -0.05) is 17.7 Å². The highest BCUT2D eigenvalue weighted by atomic mass is 32.2. The Kier molecular flexibility index (Phi) is 6.26. The second-order valence-corrected chi connectivity index (χ2v) is 6.33. The Bertz CT molecular complexity index is 730. The summed E-state index contributed by atoms with van der Waals surface area (Å²) in [6.45, 7) is 3.83. The molecule has 0 unspecified atom stereocenters. The van der Waals surface area contributed by atoms with Gasteiger partial charge in [0.15, 0.2) is 0 Å². The maximum Gasteiger partial charge on any atom is 0.269 e. The largest absolute Gasteiger partial charge is 0.497 e. The van der Waals surface area contributed by atoms with Crippen molar-refractivity contribution in [2.24, 2.45) is 0 Å². The molecule has 2 aromatic rings. The van der Waals surface area contributed by atoms with Gasteiger partial charge < -0.3 is 4.74 Å². The van der Waals surface area contributed by atoms with Gasteiger partial charge in [-0.25, -0.2) is 0 Å². The number of benzene rings is 2. The van der Waals surface area contributed by atoms with Crippen LogP contribution in [0.25, 0.3) is 0 Å². The molecule has 2 N–H and O–H groups in total. The van der Waals surface area contributed by atoms with Crippen molar-refractivity contribution in [3.05, 3.63) is 59.2 Å². The van der Waals surface area contributed by atoms with Crippen LogP contribution in [0, 0.1) is 13.8 Å². The number of hydrogen-bond donors (Lipinski definition) is 2. The molecule has 0 aliphatic heterocycles. The van der Waals surface area contributed by atoms with Crippen LogP contribution in [0.5, 0.6) is 5.75 Å². The maximum absolute atomic E-state index is 12.1. The van der Waals surface area contributed by atoms with E-state index in [0.29, 0.717) is 5.56 Å². The Morgan fingerprint density at radius 1 is 1.04 bits per heavy atom. The second-order valence-electron chi connectivity index (χ2n) is 5.28. The van der Waals surface area contributed by atoms with Gasteiger partial charge >= 0.3 is 0 Å². The van der Waals surface area contributed by atoms with E-state index in [1.54, 1.807) is 13.2 Å². The van der Waals surface area contributed by atoms with Crippen molar-refractivity contribution in [2.75, 3.05) is 12.9 Å². The lowest BCUT2D eigenvalue weighted by Crippen LogP contribution is -2.42. The number of thioether (sulfide) groups is 1. The highest BCUT2D eigenvalue weighted by Crippen LogP contribution is 2.20. The fourth-order valence-electron chi connectivity index (χ4n) is 2.12. The van der Waals surface area contributed by atoms with Gasteiger partial charge in [-0.2, -0.15) is 0 Å². The van der Waals surface area contributed by atoms with Crippen molar-refractivity contribution in [3.8, 4) is 5.75 Å². The molecular weight excluding hydrogens is 324 g/mol. The molecule has 0 aliphatic rings. The van der Waals surface area contributed by atoms with Gasteiger partial charge in [-0.3, -0.25) is 20.4 Å². The molecule has 0 radical (unpaired) electrons. The topological polar surface area (TPSA) is 67.4 Å². The van der Waals surface area contributed by atoms with Crippen molar-refractivity contribution >= 4 is 23.6 Å². The molecule has 0 aliphatic carbocycles. The Balaban J connectivity index is 1.80. The molecule has 0 atom stereocenters. The molecule has 0 aromatic heterocycles. The molecule has 6 heteroatoms. The summed E-state index contributed by atoms with van der Waals surface area (Å²) < 4.78 is 5.08. The van der Waals surface area contributed by atoms with Crippen LogP contribution in [0.15, 0.2) is 47.4 Å². The summed E-state index contributed by atoms with van der Waals surface area (Å²) >= 11 is 1.38. The average Bonchev–Trinajstić information content (AvgIpc) is 2.58. The molecule has 2 amide bonds. The van der Waals surface area contributed by atoms with Crippen molar-refractivity contribution < 1.29 is 14.3 Å². The fraction of sp³-hybridized carbons (Fsp3) is 0.222. The van der Waals surface area contributed by atoms with E-state index in [1.807, 2.05) is 50.2 Å². The summed E-state index contributed by atoms with van der Waals surface area (Å²) in [7, 11) is 1.61. The zero-order valence-corrected chi connectivity index (χ0v) is 14.7. The molecule has 5 nitrogen and oxygen atoms in total. The van der Waals surface area contributed by atoms with E-state index in [2.05, 4.69) is 10.9 Å². The molecule has 2 rings (SSSR count). The molecular formula is C18H20N2O3S. The van der Waals surface area contributed by atoms with Gasteiger partial charge in [0.1, 0.15) is 5.75 Å². The van der Waals surface area contributed by atoms with Crippen molar-refractivity contribution in [3.63, 3.8) is 0 Å². The van der Waals surface area contributed by atoms with Crippen LogP contribution in [0.2, 0.25) is 0 Å². The number of ether oxygens (including phenoxy) is 1. The van der Waals surface area contributed by atoms with E-state index < -0.39 is 0 Å². The van der Waals surface area contributed by atoms with Crippen LogP contribution in [0.1, 0.15) is 21.5 Å².